The predicted molar refractivity (Wildman–Crippen MR) is 69.1 cm³/mol. The van der Waals surface area contributed by atoms with Crippen LogP contribution in [0.2, 0.25) is 0 Å². The van der Waals surface area contributed by atoms with Gasteiger partial charge in [0.25, 0.3) is 10.2 Å². The molecule has 0 saturated carbocycles. The van der Waals surface area contributed by atoms with Gasteiger partial charge in [0, 0.05) is 39.3 Å². The van der Waals surface area contributed by atoms with E-state index in [1.807, 2.05) is 6.92 Å². The molecule has 1 aliphatic rings. The Morgan fingerprint density at radius 1 is 1.18 bits per heavy atom. The molecular formula is C10H24N4O2S. The molecule has 1 aliphatic heterocycles. The predicted octanol–water partition coefficient (Wildman–Crippen LogP) is -0.884. The summed E-state index contributed by atoms with van der Waals surface area (Å²) in [6, 6.07) is 0. The van der Waals surface area contributed by atoms with Crippen molar-refractivity contribution in [3.05, 3.63) is 0 Å². The average Bonchev–Trinajstić information content (AvgIpc) is 2.34. The quantitative estimate of drug-likeness (QED) is 0.498. The van der Waals surface area contributed by atoms with E-state index in [-0.39, 0.29) is 0 Å². The zero-order valence-corrected chi connectivity index (χ0v) is 11.4. The van der Waals surface area contributed by atoms with E-state index < -0.39 is 10.2 Å². The molecule has 0 aromatic rings. The number of nitrogens with one attached hydrogen (secondary N) is 3. The van der Waals surface area contributed by atoms with E-state index in [0.29, 0.717) is 13.1 Å². The maximum absolute atomic E-state index is 11.4. The van der Waals surface area contributed by atoms with Gasteiger partial charge in [-0.2, -0.15) is 8.42 Å². The lowest BCUT2D eigenvalue weighted by molar-refractivity contribution is 0.239. The van der Waals surface area contributed by atoms with E-state index in [2.05, 4.69) is 19.7 Å². The van der Waals surface area contributed by atoms with Gasteiger partial charge in [-0.1, -0.05) is 6.92 Å². The molecule has 0 aromatic heterocycles. The summed E-state index contributed by atoms with van der Waals surface area (Å²) in [6.45, 7) is 8.07. The molecule has 3 N–H and O–H groups in total. The van der Waals surface area contributed by atoms with Crippen LogP contribution in [0.1, 0.15) is 19.8 Å². The number of rotatable bonds is 8. The van der Waals surface area contributed by atoms with E-state index in [1.165, 1.54) is 0 Å². The normalized spacial score (nSPS) is 18.4. The van der Waals surface area contributed by atoms with E-state index in [9.17, 15) is 8.42 Å². The topological polar surface area (TPSA) is 73.5 Å². The summed E-state index contributed by atoms with van der Waals surface area (Å²) >= 11 is 0. The molecule has 0 aromatic carbocycles. The summed E-state index contributed by atoms with van der Waals surface area (Å²) in [5.41, 5.74) is 0. The molecule has 1 saturated heterocycles. The molecule has 0 atom stereocenters. The molecule has 102 valence electrons. The smallest absolute Gasteiger partial charge is 0.276 e. The summed E-state index contributed by atoms with van der Waals surface area (Å²) < 4.78 is 27.8. The van der Waals surface area contributed by atoms with Crippen molar-refractivity contribution in [2.45, 2.75) is 19.8 Å². The van der Waals surface area contributed by atoms with Crippen molar-refractivity contribution in [1.29, 1.82) is 0 Å². The number of hydrogen-bond acceptors (Lipinski definition) is 4. The highest BCUT2D eigenvalue weighted by Gasteiger charge is 2.10. The van der Waals surface area contributed by atoms with Gasteiger partial charge in [0.1, 0.15) is 0 Å². The summed E-state index contributed by atoms with van der Waals surface area (Å²) in [6.07, 6.45) is 1.66. The highest BCUT2D eigenvalue weighted by molar-refractivity contribution is 7.87. The van der Waals surface area contributed by atoms with Crippen molar-refractivity contribution in [2.75, 3.05) is 45.8 Å². The van der Waals surface area contributed by atoms with Crippen LogP contribution in [-0.2, 0) is 10.2 Å². The Bertz CT molecular complexity index is 289. The first-order chi connectivity index (χ1) is 8.14. The Kier molecular flexibility index (Phi) is 6.98. The second-order valence-electron chi connectivity index (χ2n) is 4.24. The highest BCUT2D eigenvalue weighted by atomic mass is 32.2. The fourth-order valence-corrected chi connectivity index (χ4v) is 2.72. The van der Waals surface area contributed by atoms with E-state index in [0.717, 1.165) is 45.6 Å². The van der Waals surface area contributed by atoms with Crippen molar-refractivity contribution in [1.82, 2.24) is 19.7 Å². The van der Waals surface area contributed by atoms with E-state index in [1.54, 1.807) is 0 Å². The maximum Gasteiger partial charge on any atom is 0.276 e. The van der Waals surface area contributed by atoms with Crippen molar-refractivity contribution < 1.29 is 8.42 Å². The lowest BCUT2D eigenvalue weighted by Crippen LogP contribution is -2.44. The fourth-order valence-electron chi connectivity index (χ4n) is 1.73. The van der Waals surface area contributed by atoms with Crippen molar-refractivity contribution in [3.63, 3.8) is 0 Å². The van der Waals surface area contributed by atoms with Crippen LogP contribution in [0.3, 0.4) is 0 Å². The summed E-state index contributed by atoms with van der Waals surface area (Å²) in [4.78, 5) is 2.35. The number of nitrogens with zero attached hydrogens (tertiary/aromatic N) is 1. The third kappa shape index (κ3) is 6.95. The van der Waals surface area contributed by atoms with Crippen molar-refractivity contribution in [3.8, 4) is 0 Å². The van der Waals surface area contributed by atoms with Crippen LogP contribution < -0.4 is 14.8 Å². The van der Waals surface area contributed by atoms with Gasteiger partial charge in [-0.15, -0.1) is 0 Å². The van der Waals surface area contributed by atoms with Gasteiger partial charge in [0.15, 0.2) is 0 Å². The van der Waals surface area contributed by atoms with Gasteiger partial charge in [0.2, 0.25) is 0 Å². The molecule has 1 heterocycles. The third-order valence-electron chi connectivity index (χ3n) is 2.69. The minimum atomic E-state index is -3.28. The van der Waals surface area contributed by atoms with Gasteiger partial charge >= 0.3 is 0 Å². The van der Waals surface area contributed by atoms with Crippen LogP contribution in [0.25, 0.3) is 0 Å². The largest absolute Gasteiger partial charge is 0.314 e. The van der Waals surface area contributed by atoms with Crippen LogP contribution in [0.15, 0.2) is 0 Å². The van der Waals surface area contributed by atoms with Gasteiger partial charge in [0.05, 0.1) is 0 Å². The Hall–Kier alpha value is -0.210. The molecule has 0 spiro atoms. The molecule has 0 amide bonds. The molecule has 0 bridgehead atoms. The average molecular weight is 264 g/mol. The van der Waals surface area contributed by atoms with Gasteiger partial charge < -0.3 is 10.2 Å². The van der Waals surface area contributed by atoms with E-state index >= 15 is 0 Å². The van der Waals surface area contributed by atoms with Gasteiger partial charge in [-0.3, -0.25) is 0 Å². The summed E-state index contributed by atoms with van der Waals surface area (Å²) in [7, 11) is -3.28. The summed E-state index contributed by atoms with van der Waals surface area (Å²) in [5.74, 6) is 0. The highest BCUT2D eigenvalue weighted by Crippen LogP contribution is 1.93. The van der Waals surface area contributed by atoms with Crippen molar-refractivity contribution >= 4 is 10.2 Å². The van der Waals surface area contributed by atoms with Gasteiger partial charge in [-0.25, -0.2) is 9.44 Å². The minimum Gasteiger partial charge on any atom is -0.314 e. The lowest BCUT2D eigenvalue weighted by atomic mass is 10.3. The molecule has 1 rings (SSSR count). The SMILES string of the molecule is CCCNS(=O)(=O)NCCCN1CCNCC1. The van der Waals surface area contributed by atoms with Crippen LogP contribution in [-0.4, -0.2) is 59.1 Å². The van der Waals surface area contributed by atoms with Crippen molar-refractivity contribution in [2.24, 2.45) is 0 Å². The molecule has 6 nitrogen and oxygen atoms in total. The van der Waals surface area contributed by atoms with Gasteiger partial charge in [-0.05, 0) is 19.4 Å². The van der Waals surface area contributed by atoms with Crippen LogP contribution >= 0.6 is 0 Å². The lowest BCUT2D eigenvalue weighted by Gasteiger charge is -2.27. The number of piperazine rings is 1. The van der Waals surface area contributed by atoms with Crippen LogP contribution in [0.4, 0.5) is 0 Å². The molecule has 1 fully saturated rings. The second kappa shape index (κ2) is 7.99. The first kappa shape index (κ1) is 14.8. The Labute approximate surface area is 104 Å². The Balaban J connectivity index is 2.06. The third-order valence-corrected chi connectivity index (χ3v) is 3.86. The maximum atomic E-state index is 11.4. The molecule has 0 aliphatic carbocycles. The first-order valence-electron chi connectivity index (χ1n) is 6.31. The Morgan fingerprint density at radius 3 is 2.47 bits per heavy atom. The summed E-state index contributed by atoms with van der Waals surface area (Å²) in [5, 5.41) is 3.29. The van der Waals surface area contributed by atoms with Crippen LogP contribution in [0, 0.1) is 0 Å². The molecule has 0 unspecified atom stereocenters. The molecule has 17 heavy (non-hydrogen) atoms. The first-order valence-corrected chi connectivity index (χ1v) is 7.79. The zero-order chi connectivity index (χ0) is 12.6. The second-order valence-corrected chi connectivity index (χ2v) is 5.82. The van der Waals surface area contributed by atoms with E-state index in [4.69, 9.17) is 0 Å². The molecule has 0 radical (unpaired) electrons. The zero-order valence-electron chi connectivity index (χ0n) is 10.5. The number of hydrogen-bond donors (Lipinski definition) is 3. The monoisotopic (exact) mass is 264 g/mol. The Morgan fingerprint density at radius 2 is 1.82 bits per heavy atom. The standard InChI is InChI=1S/C10H24N4O2S/c1-2-4-12-17(15,16)13-5-3-8-14-9-6-11-7-10-14/h11-13H,2-10H2,1H3. The minimum absolute atomic E-state index is 0.493. The molecule has 7 heteroatoms. The van der Waals surface area contributed by atoms with Crippen LogP contribution in [0.5, 0.6) is 0 Å². The molecular weight excluding hydrogens is 240 g/mol. The fraction of sp³-hybridized carbons (Fsp3) is 1.00.